The van der Waals surface area contributed by atoms with Gasteiger partial charge in [-0.1, -0.05) is 46.5 Å². The molecule has 3 aromatic heterocycles. The van der Waals surface area contributed by atoms with Crippen LogP contribution in [0.15, 0.2) is 97.2 Å². The lowest BCUT2D eigenvalue weighted by Gasteiger charge is -2.36. The fourth-order valence-electron chi connectivity index (χ4n) is 4.80. The van der Waals surface area contributed by atoms with Crippen LogP contribution < -0.4 is 14.6 Å². The smallest absolute Gasteiger partial charge is 0.365 e. The number of fused-ring (bicyclic) bond motifs is 1. The van der Waals surface area contributed by atoms with Crippen LogP contribution in [-0.2, 0) is 0 Å². The molecule has 0 spiro atoms. The van der Waals surface area contributed by atoms with E-state index < -0.39 is 5.97 Å². The molecule has 202 valence electrons. The maximum absolute atomic E-state index is 12.7. The number of benzene rings is 3. The highest BCUT2D eigenvalue weighted by Gasteiger charge is 2.19. The lowest BCUT2D eigenvalue weighted by molar-refractivity contribution is 0.0409. The summed E-state index contributed by atoms with van der Waals surface area (Å²) in [7, 11) is 0. The third-order valence-corrected chi connectivity index (χ3v) is 8.04. The van der Waals surface area contributed by atoms with Gasteiger partial charge in [0, 0.05) is 49.2 Å². The second-order valence-corrected chi connectivity index (χ2v) is 10.5. The van der Waals surface area contributed by atoms with Crippen molar-refractivity contribution in [3.63, 3.8) is 0 Å². The van der Waals surface area contributed by atoms with Gasteiger partial charge < -0.3 is 14.6 Å². The summed E-state index contributed by atoms with van der Waals surface area (Å²) in [5, 5.41) is 18.3. The van der Waals surface area contributed by atoms with Crippen LogP contribution in [0.5, 0.6) is 0 Å². The number of carbonyl (C=O) groups is 1. The second kappa shape index (κ2) is 10.8. The second-order valence-electron chi connectivity index (χ2n) is 9.53. The number of aromatic nitrogens is 6. The van der Waals surface area contributed by atoms with Crippen molar-refractivity contribution in [1.29, 1.82) is 0 Å². The number of rotatable bonds is 6. The van der Waals surface area contributed by atoms with Gasteiger partial charge in [-0.25, -0.2) is 9.78 Å². The maximum atomic E-state index is 12.7. The first-order valence-electron chi connectivity index (χ1n) is 13.2. The van der Waals surface area contributed by atoms with Gasteiger partial charge in [0.2, 0.25) is 0 Å². The lowest BCUT2D eigenvalue weighted by atomic mass is 10.1. The molecule has 41 heavy (non-hydrogen) atoms. The Morgan fingerprint density at radius 2 is 1.37 bits per heavy atom. The summed E-state index contributed by atoms with van der Waals surface area (Å²) >= 11 is 1.51. The summed E-state index contributed by atoms with van der Waals surface area (Å²) in [6, 6.07) is 28.9. The summed E-state index contributed by atoms with van der Waals surface area (Å²) < 4.78 is 0. The molecule has 0 N–H and O–H groups in total. The van der Waals surface area contributed by atoms with E-state index in [-0.39, 0.29) is 0 Å². The molecule has 11 heteroatoms. The van der Waals surface area contributed by atoms with Crippen LogP contribution in [0.1, 0.15) is 10.4 Å². The monoisotopic (exact) mass is 560 g/mol. The number of pyridine rings is 1. The van der Waals surface area contributed by atoms with Crippen LogP contribution in [0, 0.1) is 0 Å². The van der Waals surface area contributed by atoms with Gasteiger partial charge in [0.05, 0.1) is 5.56 Å². The average molecular weight is 561 g/mol. The van der Waals surface area contributed by atoms with Crippen molar-refractivity contribution >= 4 is 39.8 Å². The van der Waals surface area contributed by atoms with E-state index in [1.165, 1.54) is 17.0 Å². The first-order chi connectivity index (χ1) is 20.2. The molecule has 1 aliphatic heterocycles. The number of hydrogen-bond acceptors (Lipinski definition) is 10. The average Bonchev–Trinajstić information content (AvgIpc) is 3.70. The van der Waals surface area contributed by atoms with Crippen LogP contribution >= 0.6 is 11.3 Å². The van der Waals surface area contributed by atoms with Crippen molar-refractivity contribution in [2.45, 2.75) is 0 Å². The molecule has 10 nitrogen and oxygen atoms in total. The van der Waals surface area contributed by atoms with E-state index in [1.807, 2.05) is 42.6 Å². The van der Waals surface area contributed by atoms with Crippen molar-refractivity contribution < 1.29 is 9.63 Å². The number of para-hydroxylation sites is 1. The maximum Gasteiger partial charge on any atom is 0.365 e. The number of piperazine rings is 1. The van der Waals surface area contributed by atoms with E-state index in [1.54, 1.807) is 24.3 Å². The van der Waals surface area contributed by atoms with Crippen molar-refractivity contribution in [1.82, 2.24) is 30.3 Å². The molecule has 0 saturated carbocycles. The zero-order valence-corrected chi connectivity index (χ0v) is 22.7. The van der Waals surface area contributed by atoms with E-state index in [0.717, 1.165) is 58.0 Å². The Morgan fingerprint density at radius 1 is 0.707 bits per heavy atom. The number of nitrogens with zero attached hydrogens (tertiary/aromatic N) is 8. The Morgan fingerprint density at radius 3 is 2.07 bits per heavy atom. The van der Waals surface area contributed by atoms with Gasteiger partial charge in [-0.3, -0.25) is 0 Å². The summed E-state index contributed by atoms with van der Waals surface area (Å²) in [6.07, 6.45) is 1.84. The quantitative estimate of drug-likeness (QED) is 0.270. The predicted octanol–water partition coefficient (Wildman–Crippen LogP) is 4.61. The highest BCUT2D eigenvalue weighted by molar-refractivity contribution is 7.17. The molecular weight excluding hydrogens is 536 g/mol. The zero-order valence-electron chi connectivity index (χ0n) is 21.9. The van der Waals surface area contributed by atoms with Gasteiger partial charge in [-0.05, 0) is 65.9 Å². The number of hydrogen-bond donors (Lipinski definition) is 0. The molecule has 1 saturated heterocycles. The van der Waals surface area contributed by atoms with Crippen molar-refractivity contribution in [2.24, 2.45) is 0 Å². The van der Waals surface area contributed by atoms with Crippen LogP contribution in [0.2, 0.25) is 0 Å². The van der Waals surface area contributed by atoms with Crippen LogP contribution in [-0.4, -0.2) is 62.5 Å². The molecule has 0 atom stereocenters. The van der Waals surface area contributed by atoms with E-state index >= 15 is 0 Å². The first kappa shape index (κ1) is 24.9. The molecule has 1 fully saturated rings. The summed E-state index contributed by atoms with van der Waals surface area (Å²) in [5.74, 6) is 0.507. The molecule has 7 rings (SSSR count). The minimum absolute atomic E-state index is 0.398. The molecular formula is C30H24N8O2S. The minimum Gasteiger partial charge on any atom is -0.368 e. The largest absolute Gasteiger partial charge is 0.368 e. The number of anilines is 2. The highest BCUT2D eigenvalue weighted by atomic mass is 32.1. The summed E-state index contributed by atoms with van der Waals surface area (Å²) in [6.45, 7) is 3.76. The van der Waals surface area contributed by atoms with E-state index in [2.05, 4.69) is 65.6 Å². The normalized spacial score (nSPS) is 13.5. The molecule has 0 radical (unpaired) electrons. The molecule has 0 aliphatic carbocycles. The Hall–Kier alpha value is -5.16. The molecule has 0 amide bonds. The minimum atomic E-state index is -0.525. The first-order valence-corrected chi connectivity index (χ1v) is 14.0. The fourth-order valence-corrected chi connectivity index (χ4v) is 5.66. The molecule has 1 aliphatic rings. The zero-order chi connectivity index (χ0) is 27.6. The van der Waals surface area contributed by atoms with Crippen molar-refractivity contribution in [2.75, 3.05) is 36.0 Å². The van der Waals surface area contributed by atoms with Crippen molar-refractivity contribution in [3.05, 3.63) is 103 Å². The molecule has 6 aromatic rings. The van der Waals surface area contributed by atoms with E-state index in [4.69, 9.17) is 4.84 Å². The molecule has 4 heterocycles. The van der Waals surface area contributed by atoms with Gasteiger partial charge in [0.15, 0.2) is 0 Å². The topological polar surface area (TPSA) is 102 Å². The summed E-state index contributed by atoms with van der Waals surface area (Å²) in [5.41, 5.74) is 4.76. The van der Waals surface area contributed by atoms with Gasteiger partial charge >= 0.3 is 5.97 Å². The van der Waals surface area contributed by atoms with Gasteiger partial charge in [-0.2, -0.15) is 0 Å². The lowest BCUT2D eigenvalue weighted by Crippen LogP contribution is -2.46. The molecule has 0 bridgehead atoms. The fraction of sp³-hybridized carbons (Fsp3) is 0.133. The standard InChI is InChI=1S/C30H24N8O2S/c39-30(40-38-26-6-2-1-5-25(26)32-35-38)23-10-8-21(9-11-23)28-33-34-29(41-28)22-12-14-24(15-13-22)36-17-19-37(20-18-36)27-7-3-4-16-31-27/h1-16H,17-20H2. The molecule has 0 unspecified atom stereocenters. The van der Waals surface area contributed by atoms with Gasteiger partial charge in [-0.15, -0.1) is 15.3 Å². The van der Waals surface area contributed by atoms with Crippen molar-refractivity contribution in [3.8, 4) is 21.1 Å². The third kappa shape index (κ3) is 5.10. The Labute approximate surface area is 239 Å². The Kier molecular flexibility index (Phi) is 6.53. The SMILES string of the molecule is O=C(On1nnc2ccccc21)c1ccc(-c2nnc(-c3ccc(N4CCN(c5ccccn5)CC4)cc3)s2)cc1. The van der Waals surface area contributed by atoms with E-state index in [9.17, 15) is 4.79 Å². The van der Waals surface area contributed by atoms with Crippen LogP contribution in [0.25, 0.3) is 32.2 Å². The highest BCUT2D eigenvalue weighted by Crippen LogP contribution is 2.31. The Bertz CT molecular complexity index is 1790. The Balaban J connectivity index is 0.990. The molecule has 3 aromatic carbocycles. The van der Waals surface area contributed by atoms with E-state index in [0.29, 0.717) is 16.6 Å². The predicted molar refractivity (Wildman–Crippen MR) is 158 cm³/mol. The summed E-state index contributed by atoms with van der Waals surface area (Å²) in [4.78, 5) is 28.4. The third-order valence-electron chi connectivity index (χ3n) is 7.02. The van der Waals surface area contributed by atoms with Crippen LogP contribution in [0.3, 0.4) is 0 Å². The van der Waals surface area contributed by atoms with Gasteiger partial charge in [0.25, 0.3) is 0 Å². The number of carbonyl (C=O) groups excluding carboxylic acids is 1. The van der Waals surface area contributed by atoms with Crippen LogP contribution in [0.4, 0.5) is 11.5 Å². The van der Waals surface area contributed by atoms with Gasteiger partial charge in [0.1, 0.15) is 26.9 Å².